The van der Waals surface area contributed by atoms with Crippen LogP contribution in [0.3, 0.4) is 0 Å². The highest BCUT2D eigenvalue weighted by Gasteiger charge is 2.29. The van der Waals surface area contributed by atoms with Crippen LogP contribution in [0.4, 0.5) is 0 Å². The maximum Gasteiger partial charge on any atom is 0.226 e. The van der Waals surface area contributed by atoms with Crippen molar-refractivity contribution in [2.24, 2.45) is 0 Å². The van der Waals surface area contributed by atoms with Gasteiger partial charge in [0.15, 0.2) is 0 Å². The molecule has 2 heteroatoms. The molecule has 0 heterocycles. The standard InChI is InChI=1S/C14H19NO/c1-10-4-5-12(8-11(10)2)9-14(16)15(3)13-6-7-13/h4-5,8,13H,6-7,9H2,1-3H3. The topological polar surface area (TPSA) is 20.3 Å². The average Bonchev–Trinajstić information content (AvgIpc) is 3.06. The summed E-state index contributed by atoms with van der Waals surface area (Å²) in [4.78, 5) is 13.8. The van der Waals surface area contributed by atoms with E-state index < -0.39 is 0 Å². The molecule has 0 bridgehead atoms. The average molecular weight is 217 g/mol. The molecule has 86 valence electrons. The monoisotopic (exact) mass is 217 g/mol. The molecule has 1 aliphatic rings. The lowest BCUT2D eigenvalue weighted by Gasteiger charge is -2.16. The molecule has 1 aromatic carbocycles. The van der Waals surface area contributed by atoms with Gasteiger partial charge in [-0.05, 0) is 43.4 Å². The van der Waals surface area contributed by atoms with Crippen LogP contribution in [0.25, 0.3) is 0 Å². The van der Waals surface area contributed by atoms with Gasteiger partial charge >= 0.3 is 0 Å². The lowest BCUT2D eigenvalue weighted by Crippen LogP contribution is -2.30. The fraction of sp³-hybridized carbons (Fsp3) is 0.500. The van der Waals surface area contributed by atoms with Crippen LogP contribution in [-0.4, -0.2) is 23.9 Å². The Hall–Kier alpha value is -1.31. The van der Waals surface area contributed by atoms with Gasteiger partial charge in [-0.3, -0.25) is 4.79 Å². The number of carbonyl (C=O) groups is 1. The number of carbonyl (C=O) groups excluding carboxylic acids is 1. The van der Waals surface area contributed by atoms with Gasteiger partial charge in [-0.25, -0.2) is 0 Å². The van der Waals surface area contributed by atoms with Crippen LogP contribution in [0.1, 0.15) is 29.5 Å². The molecule has 1 fully saturated rings. The summed E-state index contributed by atoms with van der Waals surface area (Å²) < 4.78 is 0. The van der Waals surface area contributed by atoms with Crippen LogP contribution in [0.5, 0.6) is 0 Å². The molecule has 1 aliphatic carbocycles. The number of nitrogens with zero attached hydrogens (tertiary/aromatic N) is 1. The molecular weight excluding hydrogens is 198 g/mol. The molecule has 0 aromatic heterocycles. The van der Waals surface area contributed by atoms with E-state index in [9.17, 15) is 4.79 Å². The minimum absolute atomic E-state index is 0.241. The van der Waals surface area contributed by atoms with E-state index in [2.05, 4.69) is 32.0 Å². The molecule has 0 saturated heterocycles. The third-order valence-corrected chi connectivity index (χ3v) is 3.41. The van der Waals surface area contributed by atoms with Gasteiger partial charge in [0.1, 0.15) is 0 Å². The molecule has 1 saturated carbocycles. The highest BCUT2D eigenvalue weighted by Crippen LogP contribution is 2.25. The van der Waals surface area contributed by atoms with E-state index in [0.717, 1.165) is 5.56 Å². The Morgan fingerprint density at radius 3 is 2.56 bits per heavy atom. The summed E-state index contributed by atoms with van der Waals surface area (Å²) in [6, 6.07) is 6.78. The normalized spacial score (nSPS) is 14.9. The summed E-state index contributed by atoms with van der Waals surface area (Å²) in [5, 5.41) is 0. The molecule has 2 nitrogen and oxygen atoms in total. The summed E-state index contributed by atoms with van der Waals surface area (Å²) in [5.74, 6) is 0.241. The quantitative estimate of drug-likeness (QED) is 0.761. The van der Waals surface area contributed by atoms with Crippen molar-refractivity contribution in [1.82, 2.24) is 4.90 Å². The van der Waals surface area contributed by atoms with Crippen molar-refractivity contribution in [3.63, 3.8) is 0 Å². The molecule has 0 unspecified atom stereocenters. The Morgan fingerprint density at radius 1 is 1.31 bits per heavy atom. The number of hydrogen-bond acceptors (Lipinski definition) is 1. The van der Waals surface area contributed by atoms with Gasteiger partial charge in [0, 0.05) is 13.1 Å². The van der Waals surface area contributed by atoms with E-state index in [1.54, 1.807) is 0 Å². The smallest absolute Gasteiger partial charge is 0.226 e. The Labute approximate surface area is 97.3 Å². The van der Waals surface area contributed by atoms with Crippen molar-refractivity contribution in [3.05, 3.63) is 34.9 Å². The second kappa shape index (κ2) is 4.28. The molecule has 2 rings (SSSR count). The molecule has 0 atom stereocenters. The molecule has 16 heavy (non-hydrogen) atoms. The van der Waals surface area contributed by atoms with Gasteiger partial charge in [0.25, 0.3) is 0 Å². The van der Waals surface area contributed by atoms with Crippen LogP contribution in [0.15, 0.2) is 18.2 Å². The summed E-state index contributed by atoms with van der Waals surface area (Å²) in [6.07, 6.45) is 2.89. The van der Waals surface area contributed by atoms with Crippen molar-refractivity contribution in [2.45, 2.75) is 39.2 Å². The van der Waals surface area contributed by atoms with Crippen LogP contribution >= 0.6 is 0 Å². The van der Waals surface area contributed by atoms with Gasteiger partial charge in [0.2, 0.25) is 5.91 Å². The largest absolute Gasteiger partial charge is 0.342 e. The van der Waals surface area contributed by atoms with E-state index in [4.69, 9.17) is 0 Å². The van der Waals surface area contributed by atoms with E-state index in [1.807, 2.05) is 11.9 Å². The zero-order valence-corrected chi connectivity index (χ0v) is 10.3. The first-order valence-electron chi connectivity index (χ1n) is 5.89. The third-order valence-electron chi connectivity index (χ3n) is 3.41. The van der Waals surface area contributed by atoms with Crippen LogP contribution in [-0.2, 0) is 11.2 Å². The highest BCUT2D eigenvalue weighted by atomic mass is 16.2. The SMILES string of the molecule is Cc1ccc(CC(=O)N(C)C2CC2)cc1C. The summed E-state index contributed by atoms with van der Waals surface area (Å²) in [7, 11) is 1.92. The first kappa shape index (κ1) is 11.2. The van der Waals surface area contributed by atoms with E-state index in [1.165, 1.54) is 24.0 Å². The maximum absolute atomic E-state index is 11.9. The molecule has 0 spiro atoms. The van der Waals surface area contributed by atoms with E-state index >= 15 is 0 Å². The Bertz CT molecular complexity index is 407. The van der Waals surface area contributed by atoms with Crippen molar-refractivity contribution in [2.75, 3.05) is 7.05 Å². The van der Waals surface area contributed by atoms with Crippen molar-refractivity contribution < 1.29 is 4.79 Å². The van der Waals surface area contributed by atoms with Gasteiger partial charge in [-0.15, -0.1) is 0 Å². The summed E-state index contributed by atoms with van der Waals surface area (Å²) >= 11 is 0. The molecule has 1 amide bonds. The Kier molecular flexibility index (Phi) is 2.99. The number of amides is 1. The first-order chi connectivity index (χ1) is 7.58. The van der Waals surface area contributed by atoms with Crippen LogP contribution < -0.4 is 0 Å². The van der Waals surface area contributed by atoms with Gasteiger partial charge in [0.05, 0.1) is 6.42 Å². The predicted octanol–water partition coefficient (Wildman–Crippen LogP) is 2.47. The summed E-state index contributed by atoms with van der Waals surface area (Å²) in [5.41, 5.74) is 3.67. The maximum atomic E-state index is 11.9. The molecule has 0 radical (unpaired) electrons. The summed E-state index contributed by atoms with van der Waals surface area (Å²) in [6.45, 7) is 4.19. The zero-order valence-electron chi connectivity index (χ0n) is 10.3. The van der Waals surface area contributed by atoms with Gasteiger partial charge in [-0.2, -0.15) is 0 Å². The molecular formula is C14H19NO. The van der Waals surface area contributed by atoms with Crippen molar-refractivity contribution >= 4 is 5.91 Å². The third kappa shape index (κ3) is 2.43. The number of likely N-dealkylation sites (N-methyl/N-ethyl adjacent to an activating group) is 1. The van der Waals surface area contributed by atoms with E-state index in [-0.39, 0.29) is 5.91 Å². The van der Waals surface area contributed by atoms with E-state index in [0.29, 0.717) is 12.5 Å². The Balaban J connectivity index is 2.02. The number of hydrogen-bond donors (Lipinski definition) is 0. The van der Waals surface area contributed by atoms with Crippen molar-refractivity contribution in [3.8, 4) is 0 Å². The molecule has 0 aliphatic heterocycles. The second-order valence-corrected chi connectivity index (χ2v) is 4.83. The minimum atomic E-state index is 0.241. The molecule has 1 aromatic rings. The second-order valence-electron chi connectivity index (χ2n) is 4.83. The first-order valence-corrected chi connectivity index (χ1v) is 5.89. The molecule has 0 N–H and O–H groups in total. The lowest BCUT2D eigenvalue weighted by atomic mass is 10.0. The predicted molar refractivity (Wildman–Crippen MR) is 65.4 cm³/mol. The van der Waals surface area contributed by atoms with Crippen LogP contribution in [0, 0.1) is 13.8 Å². The number of benzene rings is 1. The van der Waals surface area contributed by atoms with Crippen molar-refractivity contribution in [1.29, 1.82) is 0 Å². The van der Waals surface area contributed by atoms with Crippen LogP contribution in [0.2, 0.25) is 0 Å². The zero-order chi connectivity index (χ0) is 11.7. The fourth-order valence-corrected chi connectivity index (χ4v) is 1.88. The minimum Gasteiger partial charge on any atom is -0.342 e. The fourth-order valence-electron chi connectivity index (χ4n) is 1.88. The number of rotatable bonds is 3. The highest BCUT2D eigenvalue weighted by molar-refractivity contribution is 5.79. The van der Waals surface area contributed by atoms with Gasteiger partial charge < -0.3 is 4.90 Å². The lowest BCUT2D eigenvalue weighted by molar-refractivity contribution is -0.129. The number of aryl methyl sites for hydroxylation is 2. The van der Waals surface area contributed by atoms with Gasteiger partial charge in [-0.1, -0.05) is 18.2 Å². The Morgan fingerprint density at radius 2 is 2.00 bits per heavy atom.